The van der Waals surface area contributed by atoms with Gasteiger partial charge in [-0.2, -0.15) is 4.98 Å². The predicted molar refractivity (Wildman–Crippen MR) is 109 cm³/mol. The molecule has 1 aromatic carbocycles. The average Bonchev–Trinajstić information content (AvgIpc) is 2.65. The number of aromatic nitrogens is 2. The molecule has 2 aromatic rings. The molecule has 1 aliphatic rings. The lowest BCUT2D eigenvalue weighted by molar-refractivity contribution is -0.133. The van der Waals surface area contributed by atoms with E-state index in [1.807, 2.05) is 36.9 Å². The highest BCUT2D eigenvalue weighted by Gasteiger charge is 2.24. The molecular formula is C22H29N3O3. The molecule has 3 rings (SSSR count). The van der Waals surface area contributed by atoms with Crippen molar-refractivity contribution in [2.45, 2.75) is 46.5 Å². The minimum Gasteiger partial charge on any atom is -0.493 e. The van der Waals surface area contributed by atoms with Crippen molar-refractivity contribution in [2.75, 3.05) is 19.7 Å². The minimum absolute atomic E-state index is 0.158. The molecule has 0 spiro atoms. The van der Waals surface area contributed by atoms with Crippen molar-refractivity contribution < 1.29 is 9.53 Å². The van der Waals surface area contributed by atoms with Crippen molar-refractivity contribution in [3.8, 4) is 5.75 Å². The van der Waals surface area contributed by atoms with Gasteiger partial charge in [-0.25, -0.2) is 4.79 Å². The zero-order valence-corrected chi connectivity index (χ0v) is 17.0. The number of benzene rings is 1. The summed E-state index contributed by atoms with van der Waals surface area (Å²) >= 11 is 0. The molecule has 1 aliphatic heterocycles. The number of hydrogen-bond donors (Lipinski definition) is 1. The van der Waals surface area contributed by atoms with Crippen LogP contribution in [0.4, 0.5) is 0 Å². The third kappa shape index (κ3) is 5.21. The van der Waals surface area contributed by atoms with E-state index in [1.54, 1.807) is 0 Å². The number of piperidine rings is 1. The molecule has 1 N–H and O–H groups in total. The molecule has 1 saturated heterocycles. The summed E-state index contributed by atoms with van der Waals surface area (Å²) in [7, 11) is 0. The van der Waals surface area contributed by atoms with Crippen molar-refractivity contribution in [1.82, 2.24) is 14.9 Å². The molecule has 0 unspecified atom stereocenters. The van der Waals surface area contributed by atoms with Gasteiger partial charge in [0.15, 0.2) is 0 Å². The molecule has 0 radical (unpaired) electrons. The fourth-order valence-corrected chi connectivity index (χ4v) is 3.86. The molecule has 0 saturated carbocycles. The van der Waals surface area contributed by atoms with Crippen LogP contribution in [-0.2, 0) is 11.2 Å². The van der Waals surface area contributed by atoms with Gasteiger partial charge in [0.1, 0.15) is 5.75 Å². The van der Waals surface area contributed by atoms with Gasteiger partial charge in [-0.05, 0) is 63.3 Å². The van der Waals surface area contributed by atoms with Gasteiger partial charge >= 0.3 is 5.69 Å². The number of carbonyl (C=O) groups excluding carboxylic acids is 1. The van der Waals surface area contributed by atoms with Crippen molar-refractivity contribution in [3.05, 3.63) is 57.3 Å². The zero-order chi connectivity index (χ0) is 20.1. The highest BCUT2D eigenvalue weighted by molar-refractivity contribution is 5.76. The molecule has 0 aliphatic carbocycles. The van der Waals surface area contributed by atoms with E-state index in [-0.39, 0.29) is 11.6 Å². The van der Waals surface area contributed by atoms with Gasteiger partial charge in [-0.15, -0.1) is 0 Å². The summed E-state index contributed by atoms with van der Waals surface area (Å²) in [6.45, 7) is 7.91. The minimum atomic E-state index is -0.336. The first kappa shape index (κ1) is 20.1. The van der Waals surface area contributed by atoms with E-state index in [4.69, 9.17) is 4.74 Å². The van der Waals surface area contributed by atoms with Crippen molar-refractivity contribution in [3.63, 3.8) is 0 Å². The SMILES string of the molecule is Cc1cccc(OC[C@@H]2CCCN(C(=O)CCc3c(C)nc(=O)[nH]c3C)C2)c1. The number of hydrogen-bond acceptors (Lipinski definition) is 4. The van der Waals surface area contributed by atoms with Crippen LogP contribution in [0.2, 0.25) is 0 Å². The Balaban J connectivity index is 1.52. The molecule has 0 bridgehead atoms. The molecule has 2 heterocycles. The first-order valence-corrected chi connectivity index (χ1v) is 9.96. The fourth-order valence-electron chi connectivity index (χ4n) is 3.86. The Labute approximate surface area is 165 Å². The van der Waals surface area contributed by atoms with Crippen LogP contribution in [0.5, 0.6) is 5.75 Å². The zero-order valence-electron chi connectivity index (χ0n) is 17.0. The summed E-state index contributed by atoms with van der Waals surface area (Å²) in [5.74, 6) is 1.40. The number of nitrogens with one attached hydrogen (secondary N) is 1. The number of likely N-dealkylation sites (tertiary alicyclic amines) is 1. The highest BCUT2D eigenvalue weighted by Crippen LogP contribution is 2.21. The molecule has 1 fully saturated rings. The van der Waals surface area contributed by atoms with Crippen LogP contribution in [0.1, 0.15) is 41.8 Å². The lowest BCUT2D eigenvalue weighted by Gasteiger charge is -2.33. The van der Waals surface area contributed by atoms with E-state index in [0.29, 0.717) is 31.1 Å². The van der Waals surface area contributed by atoms with Gasteiger partial charge in [-0.3, -0.25) is 4.79 Å². The van der Waals surface area contributed by atoms with Gasteiger partial charge in [0.05, 0.1) is 6.61 Å². The van der Waals surface area contributed by atoms with Crippen molar-refractivity contribution in [2.24, 2.45) is 5.92 Å². The van der Waals surface area contributed by atoms with Crippen LogP contribution < -0.4 is 10.4 Å². The van der Waals surface area contributed by atoms with Crippen LogP contribution in [0, 0.1) is 26.7 Å². The molecule has 28 heavy (non-hydrogen) atoms. The average molecular weight is 383 g/mol. The van der Waals surface area contributed by atoms with Crippen LogP contribution >= 0.6 is 0 Å². The second-order valence-electron chi connectivity index (χ2n) is 7.71. The molecule has 6 nitrogen and oxygen atoms in total. The summed E-state index contributed by atoms with van der Waals surface area (Å²) in [4.78, 5) is 32.7. The highest BCUT2D eigenvalue weighted by atomic mass is 16.5. The number of carbonyl (C=O) groups is 1. The van der Waals surface area contributed by atoms with Gasteiger partial charge in [0, 0.05) is 36.8 Å². The van der Waals surface area contributed by atoms with Crippen LogP contribution in [-0.4, -0.2) is 40.5 Å². The third-order valence-corrected chi connectivity index (χ3v) is 5.39. The lowest BCUT2D eigenvalue weighted by Crippen LogP contribution is -2.41. The van der Waals surface area contributed by atoms with E-state index in [0.717, 1.165) is 42.9 Å². The smallest absolute Gasteiger partial charge is 0.345 e. The number of aromatic amines is 1. The largest absolute Gasteiger partial charge is 0.493 e. The Kier molecular flexibility index (Phi) is 6.49. The Morgan fingerprint density at radius 1 is 1.32 bits per heavy atom. The standard InChI is InChI=1S/C22H29N3O3/c1-15-6-4-8-19(12-15)28-14-18-7-5-11-25(13-18)21(26)10-9-20-16(2)23-22(27)24-17(20)3/h4,6,8,12,18H,5,7,9-11,13-14H2,1-3H3,(H,23,24,27)/t18-/m1/s1. The summed E-state index contributed by atoms with van der Waals surface area (Å²) in [6, 6.07) is 8.06. The fraction of sp³-hybridized carbons (Fsp3) is 0.500. The predicted octanol–water partition coefficient (Wildman–Crippen LogP) is 2.95. The second-order valence-corrected chi connectivity index (χ2v) is 7.71. The van der Waals surface area contributed by atoms with Crippen LogP contribution in [0.25, 0.3) is 0 Å². The first-order valence-electron chi connectivity index (χ1n) is 9.96. The lowest BCUT2D eigenvalue weighted by atomic mass is 9.98. The maximum Gasteiger partial charge on any atom is 0.345 e. The van der Waals surface area contributed by atoms with E-state index in [2.05, 4.69) is 23.0 Å². The molecule has 1 aromatic heterocycles. The van der Waals surface area contributed by atoms with E-state index in [1.165, 1.54) is 5.56 Å². The summed E-state index contributed by atoms with van der Waals surface area (Å²) in [5, 5.41) is 0. The second kappa shape index (κ2) is 9.04. The van der Waals surface area contributed by atoms with Gasteiger partial charge in [-0.1, -0.05) is 12.1 Å². The molecular weight excluding hydrogens is 354 g/mol. The topological polar surface area (TPSA) is 75.3 Å². The Hall–Kier alpha value is -2.63. The number of nitrogens with zero attached hydrogens (tertiary/aromatic N) is 2. The molecule has 6 heteroatoms. The van der Waals surface area contributed by atoms with Crippen molar-refractivity contribution in [1.29, 1.82) is 0 Å². The summed E-state index contributed by atoms with van der Waals surface area (Å²) in [6.07, 6.45) is 3.12. The maximum absolute atomic E-state index is 12.7. The molecule has 1 amide bonds. The first-order chi connectivity index (χ1) is 13.4. The van der Waals surface area contributed by atoms with Gasteiger partial charge < -0.3 is 14.6 Å². The Morgan fingerprint density at radius 2 is 2.14 bits per heavy atom. The Bertz CT molecular complexity index is 865. The number of ether oxygens (including phenoxy) is 1. The van der Waals surface area contributed by atoms with Gasteiger partial charge in [0.2, 0.25) is 5.91 Å². The quantitative estimate of drug-likeness (QED) is 0.832. The normalized spacial score (nSPS) is 16.8. The van der Waals surface area contributed by atoms with E-state index >= 15 is 0 Å². The van der Waals surface area contributed by atoms with Crippen LogP contribution in [0.15, 0.2) is 29.1 Å². The van der Waals surface area contributed by atoms with Gasteiger partial charge in [0.25, 0.3) is 0 Å². The van der Waals surface area contributed by atoms with E-state index in [9.17, 15) is 9.59 Å². The summed E-state index contributed by atoms with van der Waals surface area (Å²) in [5.41, 5.74) is 3.31. The third-order valence-electron chi connectivity index (χ3n) is 5.39. The number of aryl methyl sites for hydroxylation is 3. The molecule has 1 atom stereocenters. The van der Waals surface area contributed by atoms with Crippen LogP contribution in [0.3, 0.4) is 0 Å². The Morgan fingerprint density at radius 3 is 2.89 bits per heavy atom. The summed E-state index contributed by atoms with van der Waals surface area (Å²) < 4.78 is 5.95. The molecule has 150 valence electrons. The number of amides is 1. The van der Waals surface area contributed by atoms with Crippen molar-refractivity contribution >= 4 is 5.91 Å². The van der Waals surface area contributed by atoms with E-state index < -0.39 is 0 Å². The maximum atomic E-state index is 12.7. The number of H-pyrrole nitrogens is 1. The number of rotatable bonds is 6. The monoisotopic (exact) mass is 383 g/mol.